The zero-order valence-corrected chi connectivity index (χ0v) is 9.35. The molecule has 0 fully saturated rings. The Morgan fingerprint density at radius 2 is 2.44 bits per heavy atom. The molecule has 4 nitrogen and oxygen atoms in total. The zero-order valence-electron chi connectivity index (χ0n) is 9.35. The first-order valence-corrected chi connectivity index (χ1v) is 5.29. The van der Waals surface area contributed by atoms with E-state index in [1.807, 2.05) is 0 Å². The predicted octanol–water partition coefficient (Wildman–Crippen LogP) is 1.76. The van der Waals surface area contributed by atoms with Crippen LogP contribution >= 0.6 is 0 Å². The van der Waals surface area contributed by atoms with E-state index in [0.29, 0.717) is 6.42 Å². The fraction of sp³-hybridized carbons (Fsp3) is 0.500. The highest BCUT2D eigenvalue weighted by atomic mass is 16.7. The maximum absolute atomic E-state index is 11.4. The molecule has 4 heteroatoms. The van der Waals surface area contributed by atoms with Gasteiger partial charge < -0.3 is 9.47 Å². The number of carbonyl (C=O) groups excluding carboxylic acids is 2. The lowest BCUT2D eigenvalue weighted by Crippen LogP contribution is -2.33. The van der Waals surface area contributed by atoms with E-state index >= 15 is 0 Å². The van der Waals surface area contributed by atoms with E-state index in [2.05, 4.69) is 6.58 Å². The summed E-state index contributed by atoms with van der Waals surface area (Å²) < 4.78 is 10.2. The fourth-order valence-electron chi connectivity index (χ4n) is 1.44. The van der Waals surface area contributed by atoms with Crippen molar-refractivity contribution in [1.29, 1.82) is 0 Å². The highest BCUT2D eigenvalue weighted by Gasteiger charge is 2.25. The topological polar surface area (TPSA) is 52.6 Å². The lowest BCUT2D eigenvalue weighted by Gasteiger charge is -2.24. The second kappa shape index (κ2) is 6.23. The Bertz CT molecular complexity index is 306. The average molecular weight is 224 g/mol. The summed E-state index contributed by atoms with van der Waals surface area (Å²) in [4.78, 5) is 22.2. The summed E-state index contributed by atoms with van der Waals surface area (Å²) in [6.07, 6.45) is 5.72. The third-order valence-electron chi connectivity index (χ3n) is 2.19. The van der Waals surface area contributed by atoms with Crippen LogP contribution in [0.4, 0.5) is 0 Å². The van der Waals surface area contributed by atoms with Crippen molar-refractivity contribution in [2.24, 2.45) is 0 Å². The van der Waals surface area contributed by atoms with Crippen LogP contribution in [0.25, 0.3) is 0 Å². The van der Waals surface area contributed by atoms with Gasteiger partial charge in [0.1, 0.15) is 6.10 Å². The Kier molecular flexibility index (Phi) is 4.92. The second-order valence-corrected chi connectivity index (χ2v) is 3.58. The number of ether oxygens (including phenoxy) is 2. The van der Waals surface area contributed by atoms with Gasteiger partial charge in [-0.2, -0.15) is 0 Å². The maximum atomic E-state index is 11.4. The van der Waals surface area contributed by atoms with Crippen LogP contribution in [0.15, 0.2) is 24.8 Å². The van der Waals surface area contributed by atoms with E-state index in [9.17, 15) is 9.59 Å². The van der Waals surface area contributed by atoms with Crippen molar-refractivity contribution in [1.82, 2.24) is 0 Å². The smallest absolute Gasteiger partial charge is 0.305 e. The van der Waals surface area contributed by atoms with Crippen LogP contribution in [0.3, 0.4) is 0 Å². The minimum atomic E-state index is -0.732. The van der Waals surface area contributed by atoms with Gasteiger partial charge in [0.05, 0.1) is 0 Å². The van der Waals surface area contributed by atoms with E-state index in [1.54, 1.807) is 6.08 Å². The van der Waals surface area contributed by atoms with Crippen LogP contribution in [-0.4, -0.2) is 24.1 Å². The van der Waals surface area contributed by atoms with Crippen molar-refractivity contribution in [3.63, 3.8) is 0 Å². The Balaban J connectivity index is 2.46. The van der Waals surface area contributed by atoms with Gasteiger partial charge in [-0.15, -0.1) is 6.58 Å². The van der Waals surface area contributed by atoms with Gasteiger partial charge in [-0.05, 0) is 31.4 Å². The summed E-state index contributed by atoms with van der Waals surface area (Å²) in [7, 11) is 0. The number of hydrogen-bond donors (Lipinski definition) is 0. The van der Waals surface area contributed by atoms with Gasteiger partial charge in [-0.3, -0.25) is 9.59 Å². The van der Waals surface area contributed by atoms with Crippen LogP contribution < -0.4 is 0 Å². The molecule has 0 radical (unpaired) electrons. The van der Waals surface area contributed by atoms with Gasteiger partial charge in [0, 0.05) is 6.92 Å². The van der Waals surface area contributed by atoms with Crippen LogP contribution in [0.5, 0.6) is 0 Å². The van der Waals surface area contributed by atoms with E-state index < -0.39 is 18.4 Å². The van der Waals surface area contributed by atoms with Crippen molar-refractivity contribution in [2.45, 2.75) is 38.6 Å². The van der Waals surface area contributed by atoms with Gasteiger partial charge in [0.2, 0.25) is 6.29 Å². The Hall–Kier alpha value is -1.42. The molecule has 1 rings (SSSR count). The lowest BCUT2D eigenvalue weighted by atomic mass is 10.1. The maximum Gasteiger partial charge on any atom is 0.305 e. The van der Waals surface area contributed by atoms with Gasteiger partial charge in [-0.25, -0.2) is 0 Å². The molecule has 0 saturated heterocycles. The quantitative estimate of drug-likeness (QED) is 0.405. The molecular weight excluding hydrogens is 208 g/mol. The molecule has 1 aliphatic heterocycles. The summed E-state index contributed by atoms with van der Waals surface area (Å²) in [6, 6.07) is 0. The number of esters is 1. The monoisotopic (exact) mass is 224 g/mol. The average Bonchev–Trinajstić information content (AvgIpc) is 2.22. The third-order valence-corrected chi connectivity index (χ3v) is 2.19. The summed E-state index contributed by atoms with van der Waals surface area (Å²) in [5.74, 6) is -0.499. The van der Waals surface area contributed by atoms with Crippen molar-refractivity contribution in [2.75, 3.05) is 0 Å². The van der Waals surface area contributed by atoms with Crippen LogP contribution in [0.1, 0.15) is 26.2 Å². The Morgan fingerprint density at radius 1 is 1.69 bits per heavy atom. The van der Waals surface area contributed by atoms with Gasteiger partial charge in [0.15, 0.2) is 5.78 Å². The van der Waals surface area contributed by atoms with E-state index in [4.69, 9.17) is 9.47 Å². The first kappa shape index (κ1) is 12.6. The zero-order chi connectivity index (χ0) is 12.0. The van der Waals surface area contributed by atoms with Crippen LogP contribution in [0.2, 0.25) is 0 Å². The molecule has 0 bridgehead atoms. The molecule has 0 aromatic carbocycles. The summed E-state index contributed by atoms with van der Waals surface area (Å²) >= 11 is 0. The molecule has 0 aromatic heterocycles. The number of ketones is 1. The molecule has 1 unspecified atom stereocenters. The highest BCUT2D eigenvalue weighted by Crippen LogP contribution is 2.16. The van der Waals surface area contributed by atoms with E-state index in [0.717, 1.165) is 12.8 Å². The first-order valence-electron chi connectivity index (χ1n) is 5.29. The van der Waals surface area contributed by atoms with Gasteiger partial charge in [-0.1, -0.05) is 6.08 Å². The molecule has 1 heterocycles. The van der Waals surface area contributed by atoms with Crippen molar-refractivity contribution >= 4 is 11.8 Å². The van der Waals surface area contributed by atoms with Crippen molar-refractivity contribution in [3.8, 4) is 0 Å². The van der Waals surface area contributed by atoms with Gasteiger partial charge >= 0.3 is 5.97 Å². The molecule has 0 aromatic rings. The summed E-state index contributed by atoms with van der Waals surface area (Å²) in [5.41, 5.74) is 0. The highest BCUT2D eigenvalue weighted by molar-refractivity contribution is 5.94. The molecule has 16 heavy (non-hydrogen) atoms. The molecule has 1 aliphatic rings. The normalized spacial score (nSPS) is 24.2. The third kappa shape index (κ3) is 3.98. The molecule has 0 spiro atoms. The fourth-order valence-corrected chi connectivity index (χ4v) is 1.44. The summed E-state index contributed by atoms with van der Waals surface area (Å²) in [5, 5.41) is 0. The standard InChI is InChI=1S/C12H16O4/c1-3-4-5-6-11-10(14)7-8-12(16-11)15-9(2)13/h3,7-8,11-12H,1,4-6H2,2H3/t11-,12?/m0/s1. The number of rotatable bonds is 5. The molecule has 0 saturated carbocycles. The van der Waals surface area contributed by atoms with Crippen molar-refractivity contribution < 1.29 is 19.1 Å². The number of unbranched alkanes of at least 4 members (excludes halogenated alkanes) is 1. The van der Waals surface area contributed by atoms with Crippen molar-refractivity contribution in [3.05, 3.63) is 24.8 Å². The van der Waals surface area contributed by atoms with Crippen LogP contribution in [-0.2, 0) is 19.1 Å². The number of hydrogen-bond acceptors (Lipinski definition) is 4. The Morgan fingerprint density at radius 3 is 3.06 bits per heavy atom. The lowest BCUT2D eigenvalue weighted by molar-refractivity contribution is -0.180. The Labute approximate surface area is 94.9 Å². The number of allylic oxidation sites excluding steroid dienone is 1. The SMILES string of the molecule is C=CCCC[C@@H]1OC(OC(C)=O)C=CC1=O. The van der Waals surface area contributed by atoms with E-state index in [-0.39, 0.29) is 5.78 Å². The first-order chi connectivity index (χ1) is 7.63. The van der Waals surface area contributed by atoms with Crippen LogP contribution in [0, 0.1) is 0 Å². The molecule has 2 atom stereocenters. The number of carbonyl (C=O) groups is 2. The largest absolute Gasteiger partial charge is 0.432 e. The second-order valence-electron chi connectivity index (χ2n) is 3.58. The minimum absolute atomic E-state index is 0.0764. The molecule has 0 amide bonds. The van der Waals surface area contributed by atoms with E-state index in [1.165, 1.54) is 19.1 Å². The summed E-state index contributed by atoms with van der Waals surface area (Å²) in [6.45, 7) is 4.91. The molecular formula is C12H16O4. The predicted molar refractivity (Wildman–Crippen MR) is 58.6 cm³/mol. The molecule has 0 N–H and O–H groups in total. The van der Waals surface area contributed by atoms with Gasteiger partial charge in [0.25, 0.3) is 0 Å². The molecule has 0 aliphatic carbocycles. The minimum Gasteiger partial charge on any atom is -0.432 e. The molecule has 88 valence electrons.